The van der Waals surface area contributed by atoms with Gasteiger partial charge in [-0.05, 0) is 47.2 Å². The molecule has 104 valence electrons. The molecule has 1 aliphatic carbocycles. The Balaban J connectivity index is 2.10. The first kappa shape index (κ1) is 14.1. The van der Waals surface area contributed by atoms with Gasteiger partial charge in [-0.1, -0.05) is 57.9 Å². The molecule has 0 amide bonds. The van der Waals surface area contributed by atoms with Crippen molar-refractivity contribution in [1.29, 1.82) is 0 Å². The lowest BCUT2D eigenvalue weighted by molar-refractivity contribution is 0.0936. The van der Waals surface area contributed by atoms with Crippen molar-refractivity contribution in [2.24, 2.45) is 0 Å². The summed E-state index contributed by atoms with van der Waals surface area (Å²) in [6, 6.07) is 14.7. The van der Waals surface area contributed by atoms with E-state index in [0.29, 0.717) is 6.61 Å². The summed E-state index contributed by atoms with van der Waals surface area (Å²) in [5, 5.41) is 1.61. The second-order valence-electron chi connectivity index (χ2n) is 4.98. The first-order chi connectivity index (χ1) is 9.79. The summed E-state index contributed by atoms with van der Waals surface area (Å²) in [6.45, 7) is 0.685. The molecule has 0 radical (unpaired) electrons. The molecule has 3 heteroatoms. The highest BCUT2D eigenvalue weighted by atomic mass is 79.9. The number of alkyl halides is 1. The molecule has 3 rings (SSSR count). The molecule has 0 aliphatic heterocycles. The quantitative estimate of drug-likeness (QED) is 0.712. The fourth-order valence-corrected chi connectivity index (χ4v) is 3.20. The number of halogens is 2. The van der Waals surface area contributed by atoms with Gasteiger partial charge in [0.1, 0.15) is 6.10 Å². The van der Waals surface area contributed by atoms with E-state index >= 15 is 0 Å². The fraction of sp³-hybridized carbons (Fsp3) is 0.294. The maximum atomic E-state index is 6.19. The zero-order valence-corrected chi connectivity index (χ0v) is 13.5. The molecule has 0 heterocycles. The molecule has 0 saturated carbocycles. The molecule has 0 bridgehead atoms. The van der Waals surface area contributed by atoms with Gasteiger partial charge in [0.15, 0.2) is 0 Å². The summed E-state index contributed by atoms with van der Waals surface area (Å²) in [6.07, 6.45) is 2.08. The summed E-state index contributed by atoms with van der Waals surface area (Å²) in [4.78, 5) is 0. The lowest BCUT2D eigenvalue weighted by Gasteiger charge is -2.21. The SMILES string of the molecule is Clc1ccc2c(c1)C(OCCBr)c1ccccc1CC2. The topological polar surface area (TPSA) is 9.23 Å². The van der Waals surface area contributed by atoms with Crippen LogP contribution < -0.4 is 0 Å². The van der Waals surface area contributed by atoms with Crippen molar-refractivity contribution in [2.45, 2.75) is 18.9 Å². The Morgan fingerprint density at radius 1 is 1.05 bits per heavy atom. The lowest BCUT2D eigenvalue weighted by atomic mass is 9.97. The first-order valence-electron chi connectivity index (χ1n) is 6.83. The average Bonchev–Trinajstić information content (AvgIpc) is 2.62. The number of fused-ring (bicyclic) bond motifs is 2. The normalized spacial score (nSPS) is 17.2. The van der Waals surface area contributed by atoms with Crippen LogP contribution in [0.25, 0.3) is 0 Å². The number of hydrogen-bond acceptors (Lipinski definition) is 1. The third-order valence-electron chi connectivity index (χ3n) is 3.75. The summed E-state index contributed by atoms with van der Waals surface area (Å²) in [7, 11) is 0. The molecule has 1 aliphatic rings. The molecule has 0 saturated heterocycles. The average molecular weight is 352 g/mol. The molecule has 0 spiro atoms. The largest absolute Gasteiger partial charge is 0.368 e. The monoisotopic (exact) mass is 350 g/mol. The van der Waals surface area contributed by atoms with E-state index in [4.69, 9.17) is 16.3 Å². The van der Waals surface area contributed by atoms with Gasteiger partial charge in [-0.15, -0.1) is 0 Å². The Labute approximate surface area is 133 Å². The summed E-state index contributed by atoms with van der Waals surface area (Å²) in [5.41, 5.74) is 5.20. The highest BCUT2D eigenvalue weighted by Crippen LogP contribution is 2.36. The fourth-order valence-electron chi connectivity index (χ4n) is 2.83. The van der Waals surface area contributed by atoms with Gasteiger partial charge in [0, 0.05) is 10.4 Å². The second kappa shape index (κ2) is 6.30. The summed E-state index contributed by atoms with van der Waals surface area (Å²) >= 11 is 9.63. The Morgan fingerprint density at radius 3 is 2.60 bits per heavy atom. The van der Waals surface area contributed by atoms with Crippen LogP contribution >= 0.6 is 27.5 Å². The zero-order valence-electron chi connectivity index (χ0n) is 11.1. The predicted molar refractivity (Wildman–Crippen MR) is 86.9 cm³/mol. The lowest BCUT2D eigenvalue weighted by Crippen LogP contribution is -2.10. The van der Waals surface area contributed by atoms with Crippen LogP contribution in [0.5, 0.6) is 0 Å². The molecule has 0 aromatic heterocycles. The van der Waals surface area contributed by atoms with Gasteiger partial charge in [-0.2, -0.15) is 0 Å². The maximum absolute atomic E-state index is 6.19. The number of benzene rings is 2. The van der Waals surface area contributed by atoms with Crippen LogP contribution in [0.4, 0.5) is 0 Å². The Kier molecular flexibility index (Phi) is 4.45. The Hall–Kier alpha value is -0.830. The van der Waals surface area contributed by atoms with E-state index in [1.807, 2.05) is 6.07 Å². The van der Waals surface area contributed by atoms with Crippen LogP contribution in [-0.2, 0) is 17.6 Å². The first-order valence-corrected chi connectivity index (χ1v) is 8.33. The minimum Gasteiger partial charge on any atom is -0.368 e. The molecular formula is C17H16BrClO. The third-order valence-corrected chi connectivity index (χ3v) is 4.31. The van der Waals surface area contributed by atoms with Crippen LogP contribution in [0, 0.1) is 0 Å². The van der Waals surface area contributed by atoms with Crippen molar-refractivity contribution in [2.75, 3.05) is 11.9 Å². The molecular weight excluding hydrogens is 336 g/mol. The third kappa shape index (κ3) is 2.78. The molecule has 1 atom stereocenters. The number of aryl methyl sites for hydroxylation is 2. The molecule has 0 N–H and O–H groups in total. The van der Waals surface area contributed by atoms with Crippen LogP contribution in [-0.4, -0.2) is 11.9 Å². The zero-order chi connectivity index (χ0) is 13.9. The van der Waals surface area contributed by atoms with Crippen LogP contribution in [0.3, 0.4) is 0 Å². The van der Waals surface area contributed by atoms with Crippen molar-refractivity contribution in [3.8, 4) is 0 Å². The van der Waals surface area contributed by atoms with Crippen molar-refractivity contribution in [3.05, 3.63) is 69.7 Å². The Morgan fingerprint density at radius 2 is 1.80 bits per heavy atom. The molecule has 1 unspecified atom stereocenters. The van der Waals surface area contributed by atoms with E-state index in [2.05, 4.69) is 52.3 Å². The van der Waals surface area contributed by atoms with Crippen molar-refractivity contribution in [3.63, 3.8) is 0 Å². The second-order valence-corrected chi connectivity index (χ2v) is 6.21. The van der Waals surface area contributed by atoms with Crippen molar-refractivity contribution < 1.29 is 4.74 Å². The smallest absolute Gasteiger partial charge is 0.108 e. The van der Waals surface area contributed by atoms with Gasteiger partial charge in [0.05, 0.1) is 6.61 Å². The molecule has 20 heavy (non-hydrogen) atoms. The van der Waals surface area contributed by atoms with Gasteiger partial charge in [-0.25, -0.2) is 0 Å². The number of rotatable bonds is 3. The highest BCUT2D eigenvalue weighted by molar-refractivity contribution is 9.09. The van der Waals surface area contributed by atoms with E-state index in [1.54, 1.807) is 0 Å². The molecule has 2 aromatic carbocycles. The minimum absolute atomic E-state index is 0.0139. The van der Waals surface area contributed by atoms with E-state index in [0.717, 1.165) is 23.2 Å². The van der Waals surface area contributed by atoms with E-state index in [-0.39, 0.29) is 6.10 Å². The van der Waals surface area contributed by atoms with Gasteiger partial charge in [0.25, 0.3) is 0 Å². The van der Waals surface area contributed by atoms with Gasteiger partial charge < -0.3 is 4.74 Å². The summed E-state index contributed by atoms with van der Waals surface area (Å²) in [5.74, 6) is 0. The van der Waals surface area contributed by atoms with Gasteiger partial charge in [0.2, 0.25) is 0 Å². The maximum Gasteiger partial charge on any atom is 0.108 e. The number of hydrogen-bond donors (Lipinski definition) is 0. The van der Waals surface area contributed by atoms with Crippen molar-refractivity contribution >= 4 is 27.5 Å². The predicted octanol–water partition coefficient (Wildman–Crippen LogP) is 4.94. The van der Waals surface area contributed by atoms with Gasteiger partial charge >= 0.3 is 0 Å². The van der Waals surface area contributed by atoms with Gasteiger partial charge in [-0.3, -0.25) is 0 Å². The minimum atomic E-state index is -0.0139. The molecule has 2 aromatic rings. The van der Waals surface area contributed by atoms with Crippen molar-refractivity contribution in [1.82, 2.24) is 0 Å². The standard InChI is InChI=1S/C17H16BrClO/c18-9-10-20-17-15-4-2-1-3-12(15)5-6-13-7-8-14(19)11-16(13)17/h1-4,7-8,11,17H,5-6,9-10H2. The highest BCUT2D eigenvalue weighted by Gasteiger charge is 2.24. The van der Waals surface area contributed by atoms with Crippen LogP contribution in [0.1, 0.15) is 28.4 Å². The van der Waals surface area contributed by atoms with Crippen LogP contribution in [0.2, 0.25) is 5.02 Å². The van der Waals surface area contributed by atoms with E-state index < -0.39 is 0 Å². The summed E-state index contributed by atoms with van der Waals surface area (Å²) < 4.78 is 6.11. The Bertz CT molecular complexity index is 612. The molecule has 1 nitrogen and oxygen atoms in total. The van der Waals surface area contributed by atoms with Crippen LogP contribution in [0.15, 0.2) is 42.5 Å². The van der Waals surface area contributed by atoms with E-state index in [9.17, 15) is 0 Å². The van der Waals surface area contributed by atoms with E-state index in [1.165, 1.54) is 22.3 Å². The number of ether oxygens (including phenoxy) is 1. The molecule has 0 fully saturated rings.